The molecule has 0 aliphatic heterocycles. The molecular weight excluding hydrogens is 325 g/mol. The molecule has 0 saturated heterocycles. The maximum atomic E-state index is 14.0. The third-order valence-corrected chi connectivity index (χ3v) is 5.44. The molecule has 0 aliphatic rings. The average molecular weight is 341 g/mol. The van der Waals surface area contributed by atoms with Crippen molar-refractivity contribution in [2.45, 2.75) is 11.4 Å². The van der Waals surface area contributed by atoms with E-state index in [1.165, 1.54) is 22.5 Å². The number of benzene rings is 3. The van der Waals surface area contributed by atoms with Crippen molar-refractivity contribution in [2.24, 2.45) is 0 Å². The topological polar surface area (TPSA) is 37.4 Å². The van der Waals surface area contributed by atoms with Crippen LogP contribution in [0.25, 0.3) is 0 Å². The third-order valence-electron chi connectivity index (χ3n) is 3.65. The number of nitrogens with zero attached hydrogens (tertiary/aromatic N) is 1. The summed E-state index contributed by atoms with van der Waals surface area (Å²) in [5.41, 5.74) is 0.811. The van der Waals surface area contributed by atoms with Crippen molar-refractivity contribution in [3.63, 3.8) is 0 Å². The van der Waals surface area contributed by atoms with Gasteiger partial charge in [-0.1, -0.05) is 54.6 Å². The Labute approximate surface area is 141 Å². The number of halogens is 1. The fourth-order valence-corrected chi connectivity index (χ4v) is 3.87. The van der Waals surface area contributed by atoms with Crippen LogP contribution in [0.5, 0.6) is 0 Å². The van der Waals surface area contributed by atoms with E-state index < -0.39 is 15.8 Å². The highest BCUT2D eigenvalue weighted by molar-refractivity contribution is 7.92. The largest absolute Gasteiger partial charge is 0.264 e. The summed E-state index contributed by atoms with van der Waals surface area (Å²) >= 11 is 0. The zero-order valence-corrected chi connectivity index (χ0v) is 13.7. The van der Waals surface area contributed by atoms with Crippen LogP contribution in [0.1, 0.15) is 5.56 Å². The van der Waals surface area contributed by atoms with E-state index in [1.807, 2.05) is 0 Å². The van der Waals surface area contributed by atoms with Crippen LogP contribution in [0, 0.1) is 5.82 Å². The molecule has 3 aromatic carbocycles. The van der Waals surface area contributed by atoms with Crippen LogP contribution < -0.4 is 4.31 Å². The van der Waals surface area contributed by atoms with E-state index in [9.17, 15) is 12.8 Å². The predicted octanol–water partition coefficient (Wildman–Crippen LogP) is 4.22. The summed E-state index contributed by atoms with van der Waals surface area (Å²) < 4.78 is 41.4. The molecule has 0 atom stereocenters. The van der Waals surface area contributed by atoms with Crippen molar-refractivity contribution in [1.29, 1.82) is 0 Å². The van der Waals surface area contributed by atoms with Gasteiger partial charge in [-0.25, -0.2) is 12.8 Å². The summed E-state index contributed by atoms with van der Waals surface area (Å²) in [4.78, 5) is 0.171. The van der Waals surface area contributed by atoms with E-state index in [2.05, 4.69) is 0 Å². The molecule has 0 bridgehead atoms. The Morgan fingerprint density at radius 3 is 1.92 bits per heavy atom. The first kappa shape index (κ1) is 16.2. The molecule has 0 heterocycles. The number of para-hydroxylation sites is 1. The first-order chi connectivity index (χ1) is 11.6. The molecule has 0 amide bonds. The average Bonchev–Trinajstić information content (AvgIpc) is 2.62. The van der Waals surface area contributed by atoms with Crippen LogP contribution in [0.2, 0.25) is 0 Å². The molecule has 5 heteroatoms. The standard InChI is InChI=1S/C19H16FNO2S/c20-19-14-8-7-9-16(19)15-21(17-10-3-1-4-11-17)24(22,23)18-12-5-2-6-13-18/h1-14H,15H2. The molecular formula is C19H16FNO2S. The first-order valence-corrected chi connectivity index (χ1v) is 8.89. The van der Waals surface area contributed by atoms with Crippen molar-refractivity contribution in [3.05, 3.63) is 96.3 Å². The van der Waals surface area contributed by atoms with E-state index in [-0.39, 0.29) is 11.4 Å². The van der Waals surface area contributed by atoms with Gasteiger partial charge in [-0.05, 0) is 30.3 Å². The molecule has 0 N–H and O–H groups in total. The molecule has 0 unspecified atom stereocenters. The second-order valence-electron chi connectivity index (χ2n) is 5.25. The van der Waals surface area contributed by atoms with Crippen LogP contribution in [-0.2, 0) is 16.6 Å². The Bertz CT molecular complexity index is 912. The SMILES string of the molecule is O=S(=O)(c1ccccc1)N(Cc1ccccc1F)c1ccccc1. The van der Waals surface area contributed by atoms with Crippen molar-refractivity contribution in [2.75, 3.05) is 4.31 Å². The minimum Gasteiger partial charge on any atom is -0.262 e. The normalized spacial score (nSPS) is 11.2. The lowest BCUT2D eigenvalue weighted by Crippen LogP contribution is -2.30. The highest BCUT2D eigenvalue weighted by Gasteiger charge is 2.25. The highest BCUT2D eigenvalue weighted by Crippen LogP contribution is 2.26. The summed E-state index contributed by atoms with van der Waals surface area (Å²) in [6, 6.07) is 23.0. The quantitative estimate of drug-likeness (QED) is 0.697. The van der Waals surface area contributed by atoms with Gasteiger partial charge < -0.3 is 0 Å². The smallest absolute Gasteiger partial charge is 0.262 e. The molecule has 3 nitrogen and oxygen atoms in total. The van der Waals surface area contributed by atoms with Gasteiger partial charge in [-0.3, -0.25) is 4.31 Å². The molecule has 0 spiro atoms. The molecule has 3 rings (SSSR count). The van der Waals surface area contributed by atoms with Crippen molar-refractivity contribution < 1.29 is 12.8 Å². The number of anilines is 1. The summed E-state index contributed by atoms with van der Waals surface area (Å²) in [5.74, 6) is -0.429. The molecule has 0 aromatic heterocycles. The van der Waals surface area contributed by atoms with Gasteiger partial charge in [-0.15, -0.1) is 0 Å². The van der Waals surface area contributed by atoms with Gasteiger partial charge >= 0.3 is 0 Å². The summed E-state index contributed by atoms with van der Waals surface area (Å²) in [7, 11) is -3.80. The molecule has 3 aromatic rings. The molecule has 122 valence electrons. The number of rotatable bonds is 5. The van der Waals surface area contributed by atoms with Gasteiger partial charge in [0, 0.05) is 5.56 Å². The Hall–Kier alpha value is -2.66. The van der Waals surface area contributed by atoms with Crippen molar-refractivity contribution in [3.8, 4) is 0 Å². The van der Waals surface area contributed by atoms with Gasteiger partial charge in [-0.2, -0.15) is 0 Å². The summed E-state index contributed by atoms with van der Waals surface area (Å²) in [6.45, 7) is -0.0755. The van der Waals surface area contributed by atoms with Gasteiger partial charge in [0.05, 0.1) is 17.1 Å². The fourth-order valence-electron chi connectivity index (χ4n) is 2.41. The third kappa shape index (κ3) is 3.31. The second-order valence-corrected chi connectivity index (χ2v) is 7.11. The Balaban J connectivity index is 2.08. The van der Waals surface area contributed by atoms with Crippen molar-refractivity contribution in [1.82, 2.24) is 0 Å². The Morgan fingerprint density at radius 1 is 0.750 bits per heavy atom. The summed E-state index contributed by atoms with van der Waals surface area (Å²) in [6.07, 6.45) is 0. The Morgan fingerprint density at radius 2 is 1.29 bits per heavy atom. The minimum absolute atomic E-state index is 0.0755. The first-order valence-electron chi connectivity index (χ1n) is 7.45. The monoisotopic (exact) mass is 341 g/mol. The van der Waals surface area contributed by atoms with Crippen molar-refractivity contribution >= 4 is 15.7 Å². The van der Waals surface area contributed by atoms with Gasteiger partial charge in [0.25, 0.3) is 10.0 Å². The molecule has 0 fully saturated rings. The van der Waals surface area contributed by atoms with Crippen LogP contribution in [0.4, 0.5) is 10.1 Å². The zero-order valence-electron chi connectivity index (χ0n) is 12.8. The summed E-state index contributed by atoms with van der Waals surface area (Å²) in [5, 5.41) is 0. The lowest BCUT2D eigenvalue weighted by Gasteiger charge is -2.25. The van der Waals surface area contributed by atoms with Gasteiger partial charge in [0.15, 0.2) is 0 Å². The maximum Gasteiger partial charge on any atom is 0.264 e. The minimum atomic E-state index is -3.80. The van der Waals surface area contributed by atoms with E-state index in [4.69, 9.17) is 0 Å². The predicted molar refractivity (Wildman–Crippen MR) is 92.7 cm³/mol. The molecule has 0 saturated carbocycles. The van der Waals surface area contributed by atoms with Crippen LogP contribution in [-0.4, -0.2) is 8.42 Å². The molecule has 0 aliphatic carbocycles. The maximum absolute atomic E-state index is 14.0. The van der Waals surface area contributed by atoms with Crippen LogP contribution >= 0.6 is 0 Å². The number of hydrogen-bond acceptors (Lipinski definition) is 2. The number of sulfonamides is 1. The van der Waals surface area contributed by atoms with Gasteiger partial charge in [0.1, 0.15) is 5.82 Å². The number of hydrogen-bond donors (Lipinski definition) is 0. The lowest BCUT2D eigenvalue weighted by atomic mass is 10.2. The van der Waals surface area contributed by atoms with Crippen LogP contribution in [0.3, 0.4) is 0 Å². The van der Waals surface area contributed by atoms with E-state index in [0.29, 0.717) is 11.3 Å². The fraction of sp³-hybridized carbons (Fsp3) is 0.0526. The van der Waals surface area contributed by atoms with Crippen LogP contribution in [0.15, 0.2) is 89.8 Å². The lowest BCUT2D eigenvalue weighted by molar-refractivity contribution is 0.585. The van der Waals surface area contributed by atoms with Gasteiger partial charge in [0.2, 0.25) is 0 Å². The molecule has 0 radical (unpaired) electrons. The zero-order chi connectivity index (χ0) is 17.0. The van der Waals surface area contributed by atoms with E-state index in [0.717, 1.165) is 0 Å². The highest BCUT2D eigenvalue weighted by atomic mass is 32.2. The second kappa shape index (κ2) is 6.84. The molecule has 24 heavy (non-hydrogen) atoms. The van der Waals surface area contributed by atoms with E-state index >= 15 is 0 Å². The van der Waals surface area contributed by atoms with E-state index in [1.54, 1.807) is 66.7 Å². The Kier molecular flexibility index (Phi) is 4.62.